The van der Waals surface area contributed by atoms with Crippen molar-refractivity contribution in [3.63, 3.8) is 0 Å². The number of nitrogens with one attached hydrogen (secondary N) is 1. The van der Waals surface area contributed by atoms with Gasteiger partial charge in [-0.15, -0.1) is 0 Å². The molecule has 0 saturated carbocycles. The average Bonchev–Trinajstić information content (AvgIpc) is 2.41. The Hall–Kier alpha value is -1.07. The maximum Gasteiger partial charge on any atom is 0.153 e. The van der Waals surface area contributed by atoms with Crippen molar-refractivity contribution in [3.05, 3.63) is 29.8 Å². The zero-order valence-corrected chi connectivity index (χ0v) is 12.8. The Labute approximate surface area is 121 Å². The third kappa shape index (κ3) is 5.13. The third-order valence-corrected chi connectivity index (χ3v) is 5.40. The standard InChI is InChI=1S/C15H23NO3S/c1-13-2-4-15(5-3-13)19-10-11-20(17,18)12-14-6-8-16-9-7-14/h2-5,14,16H,6-12H2,1H3. The van der Waals surface area contributed by atoms with E-state index in [2.05, 4.69) is 5.32 Å². The Bertz CT molecular complexity index is 504. The molecule has 5 heteroatoms. The van der Waals surface area contributed by atoms with Gasteiger partial charge in [-0.05, 0) is 50.9 Å². The van der Waals surface area contributed by atoms with Crippen molar-refractivity contribution < 1.29 is 13.2 Å². The van der Waals surface area contributed by atoms with E-state index in [1.165, 1.54) is 0 Å². The minimum absolute atomic E-state index is 0.102. The summed E-state index contributed by atoms with van der Waals surface area (Å²) >= 11 is 0. The molecule has 1 aromatic carbocycles. The fourth-order valence-corrected chi connectivity index (χ4v) is 3.97. The van der Waals surface area contributed by atoms with Crippen LogP contribution in [0.5, 0.6) is 5.75 Å². The summed E-state index contributed by atoms with van der Waals surface area (Å²) in [5.41, 5.74) is 1.16. The highest BCUT2D eigenvalue weighted by Crippen LogP contribution is 2.15. The average molecular weight is 297 g/mol. The summed E-state index contributed by atoms with van der Waals surface area (Å²) in [5, 5.41) is 3.25. The van der Waals surface area contributed by atoms with Gasteiger partial charge in [-0.25, -0.2) is 8.42 Å². The lowest BCUT2D eigenvalue weighted by Gasteiger charge is -2.22. The molecular weight excluding hydrogens is 274 g/mol. The van der Waals surface area contributed by atoms with Gasteiger partial charge >= 0.3 is 0 Å². The minimum atomic E-state index is -3.01. The monoisotopic (exact) mass is 297 g/mol. The highest BCUT2D eigenvalue weighted by atomic mass is 32.2. The van der Waals surface area contributed by atoms with Gasteiger partial charge in [-0.1, -0.05) is 17.7 Å². The molecule has 1 fully saturated rings. The van der Waals surface area contributed by atoms with Gasteiger partial charge in [0.25, 0.3) is 0 Å². The van der Waals surface area contributed by atoms with Crippen LogP contribution >= 0.6 is 0 Å². The van der Waals surface area contributed by atoms with E-state index < -0.39 is 9.84 Å². The number of hydrogen-bond acceptors (Lipinski definition) is 4. The van der Waals surface area contributed by atoms with Gasteiger partial charge in [0.15, 0.2) is 9.84 Å². The molecule has 0 radical (unpaired) electrons. The number of sulfone groups is 1. The SMILES string of the molecule is Cc1ccc(OCCS(=O)(=O)CC2CCNCC2)cc1. The molecule has 0 bridgehead atoms. The van der Waals surface area contributed by atoms with Gasteiger partial charge in [-0.2, -0.15) is 0 Å². The molecule has 112 valence electrons. The summed E-state index contributed by atoms with van der Waals surface area (Å²) in [6, 6.07) is 7.65. The Morgan fingerprint density at radius 1 is 1.20 bits per heavy atom. The number of piperidine rings is 1. The zero-order chi connectivity index (χ0) is 14.4. The highest BCUT2D eigenvalue weighted by molar-refractivity contribution is 7.91. The van der Waals surface area contributed by atoms with Crippen molar-refractivity contribution >= 4 is 9.84 Å². The van der Waals surface area contributed by atoms with Gasteiger partial charge in [-0.3, -0.25) is 0 Å². The van der Waals surface area contributed by atoms with Crippen LogP contribution < -0.4 is 10.1 Å². The van der Waals surface area contributed by atoms with E-state index in [4.69, 9.17) is 4.74 Å². The van der Waals surface area contributed by atoms with Gasteiger partial charge < -0.3 is 10.1 Å². The van der Waals surface area contributed by atoms with Gasteiger partial charge in [0.05, 0.1) is 11.5 Å². The summed E-state index contributed by atoms with van der Waals surface area (Å²) in [6.07, 6.45) is 1.91. The predicted molar refractivity (Wildman–Crippen MR) is 80.9 cm³/mol. The first-order valence-corrected chi connectivity index (χ1v) is 8.98. The first-order valence-electron chi connectivity index (χ1n) is 7.16. The van der Waals surface area contributed by atoms with E-state index in [0.717, 1.165) is 37.2 Å². The number of benzene rings is 1. The van der Waals surface area contributed by atoms with Crippen molar-refractivity contribution in [2.45, 2.75) is 19.8 Å². The summed E-state index contributed by atoms with van der Waals surface area (Å²) in [5.74, 6) is 1.44. The second-order valence-corrected chi connectivity index (χ2v) is 7.70. The molecule has 1 aliphatic rings. The molecule has 0 aliphatic carbocycles. The van der Waals surface area contributed by atoms with Crippen LogP contribution in [0.15, 0.2) is 24.3 Å². The smallest absolute Gasteiger partial charge is 0.153 e. The topological polar surface area (TPSA) is 55.4 Å². The van der Waals surface area contributed by atoms with Crippen LogP contribution in [-0.2, 0) is 9.84 Å². The quantitative estimate of drug-likeness (QED) is 0.870. The van der Waals surface area contributed by atoms with E-state index in [9.17, 15) is 8.42 Å². The predicted octanol–water partition coefficient (Wildman–Crippen LogP) is 1.79. The van der Waals surface area contributed by atoms with Crippen LogP contribution in [0, 0.1) is 12.8 Å². The first-order chi connectivity index (χ1) is 9.55. The molecule has 0 aromatic heterocycles. The third-order valence-electron chi connectivity index (χ3n) is 3.63. The fraction of sp³-hybridized carbons (Fsp3) is 0.600. The Morgan fingerprint density at radius 3 is 2.50 bits per heavy atom. The Balaban J connectivity index is 1.75. The van der Waals surface area contributed by atoms with Crippen molar-refractivity contribution in [2.24, 2.45) is 5.92 Å². The lowest BCUT2D eigenvalue weighted by Crippen LogP contribution is -2.32. The first kappa shape index (κ1) is 15.3. The van der Waals surface area contributed by atoms with E-state index in [0.29, 0.717) is 11.7 Å². The number of hydrogen-bond donors (Lipinski definition) is 1. The van der Waals surface area contributed by atoms with Crippen LogP contribution in [0.3, 0.4) is 0 Å². The molecule has 1 N–H and O–H groups in total. The lowest BCUT2D eigenvalue weighted by molar-refractivity contribution is 0.339. The summed E-state index contributed by atoms with van der Waals surface area (Å²) in [6.45, 7) is 4.10. The van der Waals surface area contributed by atoms with Gasteiger partial charge in [0.1, 0.15) is 12.4 Å². The molecule has 1 saturated heterocycles. The van der Waals surface area contributed by atoms with Crippen molar-refractivity contribution in [1.82, 2.24) is 5.32 Å². The molecule has 1 heterocycles. The lowest BCUT2D eigenvalue weighted by atomic mass is 10.0. The van der Waals surface area contributed by atoms with E-state index >= 15 is 0 Å². The molecule has 1 aliphatic heterocycles. The Kier molecular flexibility index (Phi) is 5.43. The molecule has 0 spiro atoms. The van der Waals surface area contributed by atoms with Gasteiger partial charge in [0.2, 0.25) is 0 Å². The Morgan fingerprint density at radius 2 is 1.85 bits per heavy atom. The fourth-order valence-electron chi connectivity index (χ4n) is 2.41. The van der Waals surface area contributed by atoms with Crippen LogP contribution in [0.25, 0.3) is 0 Å². The minimum Gasteiger partial charge on any atom is -0.493 e. The molecule has 0 atom stereocenters. The van der Waals surface area contributed by atoms with Crippen LogP contribution in [0.4, 0.5) is 0 Å². The molecule has 2 rings (SSSR count). The van der Waals surface area contributed by atoms with Crippen LogP contribution in [-0.4, -0.2) is 39.6 Å². The molecule has 0 unspecified atom stereocenters. The normalized spacial score (nSPS) is 17.1. The second-order valence-electron chi connectivity index (χ2n) is 5.47. The largest absolute Gasteiger partial charge is 0.493 e. The van der Waals surface area contributed by atoms with Crippen LogP contribution in [0.2, 0.25) is 0 Å². The zero-order valence-electron chi connectivity index (χ0n) is 12.0. The molecule has 0 amide bonds. The molecule has 20 heavy (non-hydrogen) atoms. The van der Waals surface area contributed by atoms with Crippen LogP contribution in [0.1, 0.15) is 18.4 Å². The van der Waals surface area contributed by atoms with Gasteiger partial charge in [0, 0.05) is 0 Å². The number of aryl methyl sites for hydroxylation is 1. The molecule has 1 aromatic rings. The molecular formula is C15H23NO3S. The highest BCUT2D eigenvalue weighted by Gasteiger charge is 2.21. The van der Waals surface area contributed by atoms with E-state index in [1.54, 1.807) is 0 Å². The molecule has 4 nitrogen and oxygen atoms in total. The van der Waals surface area contributed by atoms with E-state index in [-0.39, 0.29) is 12.4 Å². The number of ether oxygens (including phenoxy) is 1. The second kappa shape index (κ2) is 7.09. The summed E-state index contributed by atoms with van der Waals surface area (Å²) in [4.78, 5) is 0. The maximum absolute atomic E-state index is 12.0. The van der Waals surface area contributed by atoms with Crippen molar-refractivity contribution in [2.75, 3.05) is 31.2 Å². The summed E-state index contributed by atoms with van der Waals surface area (Å²) in [7, 11) is -3.01. The summed E-state index contributed by atoms with van der Waals surface area (Å²) < 4.78 is 29.6. The maximum atomic E-state index is 12.0. The van der Waals surface area contributed by atoms with E-state index in [1.807, 2.05) is 31.2 Å². The number of rotatable bonds is 6. The van der Waals surface area contributed by atoms with Crippen molar-refractivity contribution in [3.8, 4) is 5.75 Å². The van der Waals surface area contributed by atoms with Crippen molar-refractivity contribution in [1.29, 1.82) is 0 Å².